The SMILES string of the molecule is c1cnc(-c2c3nc(c(-c4ncccn4)c4[nH]c(c(-c5ncccn5)c5nc(c(-c6ncccn6)c6[nH]c2c2cc7ccccc7cc62)-c2cc6ccccc6cc2-5)c2cc5ccccc5cc42)-c2cc4ccccc4cc2-3)nc1. The number of nitrogens with zero attached hydrogens (tertiary/aromatic N) is 10. The molecule has 3 aliphatic rings. The van der Waals surface area contributed by atoms with Gasteiger partial charge < -0.3 is 9.97 Å². The predicted octanol–water partition coefficient (Wildman–Crippen LogP) is 15.7. The third-order valence-corrected chi connectivity index (χ3v) is 15.7. The minimum atomic E-state index is 0.484. The Kier molecular flexibility index (Phi) is 9.41. The van der Waals surface area contributed by atoms with Crippen LogP contribution < -0.4 is 0 Å². The van der Waals surface area contributed by atoms with Crippen LogP contribution in [0.5, 0.6) is 0 Å². The van der Waals surface area contributed by atoms with Crippen LogP contribution in [0.15, 0.2) is 219 Å². The van der Waals surface area contributed by atoms with Crippen molar-refractivity contribution in [1.29, 1.82) is 0 Å². The third-order valence-electron chi connectivity index (χ3n) is 15.7. The first-order valence-corrected chi connectivity index (χ1v) is 26.3. The second-order valence-corrected chi connectivity index (χ2v) is 20.1. The molecule has 8 bridgehead atoms. The quantitative estimate of drug-likeness (QED) is 0.174. The maximum absolute atomic E-state index is 5.96. The highest BCUT2D eigenvalue weighted by Gasteiger charge is 2.32. The molecule has 8 heterocycles. The molecule has 14 aromatic rings. The van der Waals surface area contributed by atoms with Crippen molar-refractivity contribution in [2.24, 2.45) is 0 Å². The maximum atomic E-state index is 5.96. The van der Waals surface area contributed by atoms with Gasteiger partial charge in [-0.15, -0.1) is 0 Å². The standard InChI is InChI=1S/C68H38N12/c1-2-14-38-30-46-45(29-37(38)13-1)57-53(65-69-21-9-22-70-65)59-47-31-39-15-3-4-16-40(39)32-48(47)61(78-59)55(67-73-25-11-26-74-67)63-51-35-43-19-7-8-20-44(43)36-52(51)64(80-63)56(68-75-27-12-28-76-68)62-50-34-42-18-6-5-17-41(42)33-49(50)60(79-62)54(58(46)77-57)66-71-23-10-24-72-66/h1-36,77,80H. The average Bonchev–Trinajstić information content (AvgIpc) is 4.47. The van der Waals surface area contributed by atoms with Gasteiger partial charge in [-0.25, -0.2) is 49.8 Å². The molecule has 0 saturated heterocycles. The van der Waals surface area contributed by atoms with E-state index in [4.69, 9.17) is 49.8 Å². The monoisotopic (exact) mass is 1020 g/mol. The molecule has 0 spiro atoms. The first-order chi connectivity index (χ1) is 39.7. The molecule has 2 N–H and O–H groups in total. The van der Waals surface area contributed by atoms with Gasteiger partial charge in [-0.3, -0.25) is 0 Å². The Morgan fingerprint density at radius 3 is 0.637 bits per heavy atom. The van der Waals surface area contributed by atoms with Gasteiger partial charge in [0.1, 0.15) is 0 Å². The summed E-state index contributed by atoms with van der Waals surface area (Å²) in [5, 5.41) is 12.1. The first-order valence-electron chi connectivity index (χ1n) is 26.3. The number of fused-ring (bicyclic) bond motifs is 4. The van der Waals surface area contributed by atoms with E-state index < -0.39 is 0 Å². The lowest BCUT2D eigenvalue weighted by Gasteiger charge is -2.09. The second kappa shape index (κ2) is 17.1. The number of aromatic nitrogens is 12. The smallest absolute Gasteiger partial charge is 0.163 e. The van der Waals surface area contributed by atoms with E-state index in [1.165, 1.54) is 0 Å². The minimum Gasteiger partial charge on any atom is -0.353 e. The molecule has 1 aliphatic carbocycles. The highest BCUT2D eigenvalue weighted by molar-refractivity contribution is 6.24. The Morgan fingerprint density at radius 2 is 0.425 bits per heavy atom. The van der Waals surface area contributed by atoms with Gasteiger partial charge in [0.25, 0.3) is 0 Å². The maximum Gasteiger partial charge on any atom is 0.163 e. The number of benzene rings is 8. The highest BCUT2D eigenvalue weighted by Crippen LogP contribution is 2.52. The average molecular weight is 1020 g/mol. The van der Waals surface area contributed by atoms with E-state index in [1.54, 1.807) is 49.6 Å². The van der Waals surface area contributed by atoms with E-state index in [0.29, 0.717) is 68.3 Å². The van der Waals surface area contributed by atoms with E-state index >= 15 is 0 Å². The van der Waals surface area contributed by atoms with Crippen LogP contribution in [0.25, 0.3) is 177 Å². The Labute approximate surface area is 454 Å². The van der Waals surface area contributed by atoms with Crippen LogP contribution in [0, 0.1) is 0 Å². The zero-order valence-electron chi connectivity index (χ0n) is 42.3. The van der Waals surface area contributed by atoms with E-state index in [1.807, 2.05) is 24.3 Å². The molecule has 80 heavy (non-hydrogen) atoms. The molecule has 0 radical (unpaired) electrons. The van der Waals surface area contributed by atoms with Crippen molar-refractivity contribution in [3.05, 3.63) is 219 Å². The number of aromatic amines is 2. The van der Waals surface area contributed by atoms with E-state index in [0.717, 1.165) is 109 Å². The van der Waals surface area contributed by atoms with Crippen molar-refractivity contribution < 1.29 is 0 Å². The summed E-state index contributed by atoms with van der Waals surface area (Å²) in [6, 6.07) is 59.1. The lowest BCUT2D eigenvalue weighted by Crippen LogP contribution is -1.93. The molecule has 0 atom stereocenters. The van der Waals surface area contributed by atoms with Crippen molar-refractivity contribution in [2.75, 3.05) is 0 Å². The van der Waals surface area contributed by atoms with Crippen LogP contribution in [-0.2, 0) is 0 Å². The molecule has 17 rings (SSSR count). The Bertz CT molecular complexity index is 4640. The van der Waals surface area contributed by atoms with Gasteiger partial charge in [0, 0.05) is 93.4 Å². The lowest BCUT2D eigenvalue weighted by atomic mass is 9.94. The molecule has 2 aliphatic heterocycles. The fourth-order valence-electron chi connectivity index (χ4n) is 12.2. The summed E-state index contributed by atoms with van der Waals surface area (Å²) in [6.45, 7) is 0. The van der Waals surface area contributed by atoms with Crippen molar-refractivity contribution in [2.45, 2.75) is 0 Å². The predicted molar refractivity (Wildman–Crippen MR) is 319 cm³/mol. The molecule has 8 aromatic carbocycles. The Balaban J connectivity index is 1.23. The summed E-state index contributed by atoms with van der Waals surface area (Å²) >= 11 is 0. The number of rotatable bonds is 4. The first kappa shape index (κ1) is 43.9. The molecule has 0 unspecified atom stereocenters. The van der Waals surface area contributed by atoms with E-state index in [2.05, 4.69) is 156 Å². The van der Waals surface area contributed by atoms with Gasteiger partial charge in [0.2, 0.25) is 0 Å². The van der Waals surface area contributed by atoms with Gasteiger partial charge >= 0.3 is 0 Å². The molecule has 12 heteroatoms. The zero-order chi connectivity index (χ0) is 52.4. The molecule has 370 valence electrons. The second-order valence-electron chi connectivity index (χ2n) is 20.1. The van der Waals surface area contributed by atoms with E-state index in [9.17, 15) is 0 Å². The molecule has 0 amide bonds. The topological polar surface area (TPSA) is 160 Å². The van der Waals surface area contributed by atoms with Crippen molar-refractivity contribution in [3.8, 4) is 90.6 Å². The summed E-state index contributed by atoms with van der Waals surface area (Å²) in [7, 11) is 0. The molecule has 6 aromatic heterocycles. The zero-order valence-corrected chi connectivity index (χ0v) is 42.3. The normalized spacial score (nSPS) is 12.0. The number of hydrogen-bond acceptors (Lipinski definition) is 10. The molecular formula is C68H38N12. The minimum absolute atomic E-state index is 0.484. The van der Waals surface area contributed by atoms with Crippen LogP contribution in [0.2, 0.25) is 0 Å². The fraction of sp³-hybridized carbons (Fsp3) is 0. The summed E-state index contributed by atoms with van der Waals surface area (Å²) in [5.74, 6) is 1.93. The van der Waals surface area contributed by atoms with Gasteiger partial charge in [-0.05, 0) is 116 Å². The van der Waals surface area contributed by atoms with Gasteiger partial charge in [0.15, 0.2) is 23.3 Å². The summed E-state index contributed by atoms with van der Waals surface area (Å²) < 4.78 is 0. The molecule has 0 saturated carbocycles. The largest absolute Gasteiger partial charge is 0.353 e. The Hall–Kier alpha value is -11.2. The molecule has 0 fully saturated rings. The highest BCUT2D eigenvalue weighted by atomic mass is 14.9. The van der Waals surface area contributed by atoms with Gasteiger partial charge in [-0.2, -0.15) is 0 Å². The fourth-order valence-corrected chi connectivity index (χ4v) is 12.2. The lowest BCUT2D eigenvalue weighted by molar-refractivity contribution is 1.17. The molecule has 12 nitrogen and oxygen atoms in total. The molecular weight excluding hydrogens is 985 g/mol. The van der Waals surface area contributed by atoms with Crippen molar-refractivity contribution in [1.82, 2.24) is 59.8 Å². The van der Waals surface area contributed by atoms with Gasteiger partial charge in [-0.1, -0.05) is 97.1 Å². The van der Waals surface area contributed by atoms with Gasteiger partial charge in [0.05, 0.1) is 67.1 Å². The van der Waals surface area contributed by atoms with Crippen LogP contribution >= 0.6 is 0 Å². The number of nitrogens with one attached hydrogen (secondary N) is 2. The van der Waals surface area contributed by atoms with Crippen molar-refractivity contribution in [3.63, 3.8) is 0 Å². The summed E-state index contributed by atoms with van der Waals surface area (Å²) in [5.41, 5.74) is 12.1. The van der Waals surface area contributed by atoms with Crippen molar-refractivity contribution >= 4 is 86.7 Å². The summed E-state index contributed by atoms with van der Waals surface area (Å²) in [4.78, 5) is 60.8. The summed E-state index contributed by atoms with van der Waals surface area (Å²) in [6.07, 6.45) is 14.3. The van der Waals surface area contributed by atoms with Crippen LogP contribution in [0.1, 0.15) is 0 Å². The third kappa shape index (κ3) is 6.62. The van der Waals surface area contributed by atoms with Crippen LogP contribution in [0.3, 0.4) is 0 Å². The van der Waals surface area contributed by atoms with Crippen LogP contribution in [-0.4, -0.2) is 59.8 Å². The van der Waals surface area contributed by atoms with Crippen LogP contribution in [0.4, 0.5) is 0 Å². The Morgan fingerprint density at radius 1 is 0.225 bits per heavy atom. The number of hydrogen-bond donors (Lipinski definition) is 2. The number of H-pyrrole nitrogens is 2. The van der Waals surface area contributed by atoms with E-state index in [-0.39, 0.29) is 0 Å².